The average molecular weight is 823 g/mol. The molecular formula is C31H51N7O13P3+. The molecule has 0 saturated carbocycles. The van der Waals surface area contributed by atoms with Gasteiger partial charge >= 0.3 is 29.9 Å². The van der Waals surface area contributed by atoms with Gasteiger partial charge in [-0.25, -0.2) is 14.1 Å². The largest absolute Gasteiger partial charge is 0.710 e. The molecule has 0 radical (unpaired) electrons. The minimum atomic E-state index is -5.42. The number of nitrogens with zero attached hydrogens (tertiary/aromatic N) is 3. The second kappa shape index (κ2) is 23.0. The number of H-pyrrole nitrogens is 1. The van der Waals surface area contributed by atoms with Crippen LogP contribution in [0.25, 0.3) is 11.2 Å². The lowest BCUT2D eigenvalue weighted by Crippen LogP contribution is -2.19. The molecule has 3 aromatic rings. The molecule has 4 rings (SSSR count). The highest BCUT2D eigenvalue weighted by molar-refractivity contribution is 7.64. The lowest BCUT2D eigenvalue weighted by molar-refractivity contribution is -0.134. The Morgan fingerprint density at radius 3 is 2.39 bits per heavy atom. The number of esters is 1. The number of carbonyl (C=O) groups is 1. The van der Waals surface area contributed by atoms with E-state index in [1.165, 1.54) is 44.9 Å². The van der Waals surface area contributed by atoms with Crippen LogP contribution in [0.4, 0.5) is 5.95 Å². The molecule has 4 unspecified atom stereocenters. The number of hydrogen-bond donors (Lipinski definition) is 6. The van der Waals surface area contributed by atoms with E-state index in [1.54, 1.807) is 41.0 Å². The van der Waals surface area contributed by atoms with Gasteiger partial charge in [0.05, 0.1) is 19.5 Å². The number of nitrogens with one attached hydrogen (secondary N) is 1. The van der Waals surface area contributed by atoms with Gasteiger partial charge in [-0.2, -0.15) is 9.29 Å². The number of rotatable bonds is 24. The highest BCUT2D eigenvalue weighted by atomic mass is 31.3. The Hall–Kier alpha value is -3.22. The number of nitrogens with two attached hydrogens (primary N) is 1. The first-order valence-corrected chi connectivity index (χ1v) is 21.0. The van der Waals surface area contributed by atoms with E-state index >= 15 is 0 Å². The van der Waals surface area contributed by atoms with Crippen molar-refractivity contribution in [2.45, 2.75) is 90.2 Å². The number of imidazole rings is 1. The molecule has 2 heterocycles. The van der Waals surface area contributed by atoms with E-state index in [-0.39, 0.29) is 42.0 Å². The second-order valence-corrected chi connectivity index (χ2v) is 16.2. The van der Waals surface area contributed by atoms with Gasteiger partial charge in [0.2, 0.25) is 12.7 Å². The quantitative estimate of drug-likeness (QED) is 0.0131. The summed E-state index contributed by atoms with van der Waals surface area (Å²) in [5.74, 6) is -0.612. The highest BCUT2D eigenvalue weighted by Crippen LogP contribution is 2.64. The van der Waals surface area contributed by atoms with Gasteiger partial charge in [-0.05, 0) is 34.8 Å². The fourth-order valence-electron chi connectivity index (χ4n) is 5.48. The van der Waals surface area contributed by atoms with Crippen molar-refractivity contribution in [3.05, 3.63) is 58.7 Å². The van der Waals surface area contributed by atoms with Crippen LogP contribution in [0.3, 0.4) is 0 Å². The first-order chi connectivity index (χ1) is 24.9. The van der Waals surface area contributed by atoms with Crippen molar-refractivity contribution in [3.63, 3.8) is 0 Å². The number of aromatic amines is 1. The number of phosphoric acid groups is 2. The summed E-state index contributed by atoms with van der Waals surface area (Å²) >= 11 is 0. The van der Waals surface area contributed by atoms with E-state index in [0.717, 1.165) is 19.3 Å². The zero-order valence-corrected chi connectivity index (χ0v) is 32.8. The van der Waals surface area contributed by atoms with Gasteiger partial charge in [0.15, 0.2) is 11.2 Å². The van der Waals surface area contributed by atoms with Gasteiger partial charge in [0, 0.05) is 22.9 Å². The number of allylic oxidation sites excluding steroid dienone is 1. The molecule has 1 aliphatic rings. The minimum Gasteiger partial charge on any atom is -0.427 e. The molecule has 5 atom stereocenters. The fraction of sp³-hybridized carbons (Fsp3) is 0.548. The van der Waals surface area contributed by atoms with Gasteiger partial charge in [0.1, 0.15) is 5.75 Å². The number of aromatic nitrogens is 4. The second-order valence-electron chi connectivity index (χ2n) is 12.1. The van der Waals surface area contributed by atoms with E-state index in [4.69, 9.17) is 24.3 Å². The molecular weight excluding hydrogens is 771 g/mol. The van der Waals surface area contributed by atoms with Crippen LogP contribution in [0.1, 0.15) is 89.2 Å². The summed E-state index contributed by atoms with van der Waals surface area (Å²) in [6, 6.07) is 6.06. The Morgan fingerprint density at radius 1 is 1.04 bits per heavy atom. The summed E-state index contributed by atoms with van der Waals surface area (Å²) < 4.78 is 67.2. The van der Waals surface area contributed by atoms with Gasteiger partial charge in [-0.1, -0.05) is 87.1 Å². The standard InChI is InChI=1S/C31H44N5O13P3.2H3N/c1-2-3-4-5-6-7-8-9-10-14-27(37)47-25-17-15-23(16-18-25)19-44-22-45-50(39)48-52(42,43)49-51(40,41)46-20-24-12-11-13-26(24)36-21-33-28-29(36)34-31(32)35-30(28)38;;/h11-12,15-18,21,24,26H,2-10,13-14,19-20,22H2,1H3,(H4-,32,34,35,38,40,41,42,43);2*1H3/p+1/t24-,26?;;/m0../s1. The van der Waals surface area contributed by atoms with Gasteiger partial charge < -0.3 is 37.0 Å². The van der Waals surface area contributed by atoms with Crippen LogP contribution in [0.5, 0.6) is 5.75 Å². The third-order valence-electron chi connectivity index (χ3n) is 8.02. The number of benzene rings is 1. The molecule has 0 amide bonds. The van der Waals surface area contributed by atoms with E-state index in [0.29, 0.717) is 24.2 Å². The van der Waals surface area contributed by atoms with Crippen LogP contribution in [-0.2, 0) is 47.5 Å². The third-order valence-corrected chi connectivity index (χ3v) is 11.8. The highest BCUT2D eigenvalue weighted by Gasteiger charge is 2.45. The molecule has 0 spiro atoms. The molecule has 54 heavy (non-hydrogen) atoms. The van der Waals surface area contributed by atoms with Crippen molar-refractivity contribution in [2.75, 3.05) is 19.1 Å². The molecule has 0 bridgehead atoms. The topological polar surface area (TPSA) is 324 Å². The van der Waals surface area contributed by atoms with Crippen molar-refractivity contribution in [1.82, 2.24) is 31.8 Å². The summed E-state index contributed by atoms with van der Waals surface area (Å²) in [6.45, 7) is 1.08. The monoisotopic (exact) mass is 822 g/mol. The molecule has 2 aromatic heterocycles. The number of ether oxygens (including phenoxy) is 2. The smallest absolute Gasteiger partial charge is 0.427 e. The maximum atomic E-state index is 12.5. The molecule has 1 aliphatic carbocycles. The summed E-state index contributed by atoms with van der Waals surface area (Å²) in [5.41, 5.74) is 6.01. The fourth-order valence-corrected chi connectivity index (χ4v) is 8.48. The molecule has 20 nitrogen and oxygen atoms in total. The van der Waals surface area contributed by atoms with Crippen LogP contribution in [-0.4, -0.2) is 48.7 Å². The van der Waals surface area contributed by atoms with E-state index in [9.17, 15) is 33.1 Å². The molecule has 11 N–H and O–H groups in total. The number of anilines is 1. The molecule has 302 valence electrons. The lowest BCUT2D eigenvalue weighted by atomic mass is 10.1. The first-order valence-electron chi connectivity index (χ1n) is 16.9. The predicted molar refractivity (Wildman–Crippen MR) is 199 cm³/mol. The Morgan fingerprint density at radius 2 is 1.70 bits per heavy atom. The van der Waals surface area contributed by atoms with E-state index < -0.39 is 54.8 Å². The van der Waals surface area contributed by atoms with Crippen molar-refractivity contribution in [2.24, 2.45) is 5.92 Å². The summed E-state index contributed by atoms with van der Waals surface area (Å²) in [5, 5.41) is 0. The van der Waals surface area contributed by atoms with Crippen LogP contribution >= 0.6 is 23.9 Å². The number of phosphoric ester groups is 1. The zero-order chi connectivity index (χ0) is 37.6. The summed E-state index contributed by atoms with van der Waals surface area (Å²) in [4.78, 5) is 54.7. The number of fused-ring (bicyclic) bond motifs is 1. The van der Waals surface area contributed by atoms with Crippen molar-refractivity contribution < 1.29 is 55.4 Å². The van der Waals surface area contributed by atoms with Crippen molar-refractivity contribution in [3.8, 4) is 5.75 Å². The average Bonchev–Trinajstić information content (AvgIpc) is 3.72. The van der Waals surface area contributed by atoms with Crippen LogP contribution in [0.2, 0.25) is 0 Å². The summed E-state index contributed by atoms with van der Waals surface area (Å²) in [7, 11) is -14.0. The van der Waals surface area contributed by atoms with Crippen LogP contribution in [0, 0.1) is 5.92 Å². The van der Waals surface area contributed by atoms with Crippen LogP contribution in [0.15, 0.2) is 47.5 Å². The SMILES string of the molecule is CCCCCCCCCCCC(=O)Oc1ccc(COCO[P+](=O)OP(=O)(O)OP(=O)(O)OC[C@@H]2C=CCC2n2cnc3c(=O)[nH]c(N)nc32)cc1.N.N. The number of unbranched alkanes of at least 4 members (excludes halogenated alkanes) is 8. The number of hydrogen-bond acceptors (Lipinski definition) is 16. The van der Waals surface area contributed by atoms with Crippen molar-refractivity contribution >= 4 is 47.0 Å². The van der Waals surface area contributed by atoms with Crippen LogP contribution < -0.4 is 28.3 Å². The molecule has 0 aliphatic heterocycles. The lowest BCUT2D eigenvalue weighted by Gasteiger charge is -2.22. The molecule has 0 fully saturated rings. The Labute approximate surface area is 313 Å². The third kappa shape index (κ3) is 15.5. The number of carbonyl (C=O) groups excluding carboxylic acids is 1. The Bertz CT molecular complexity index is 1820. The Balaban J connectivity index is 0.00000504. The van der Waals surface area contributed by atoms with Crippen molar-refractivity contribution in [1.29, 1.82) is 0 Å². The van der Waals surface area contributed by atoms with Gasteiger partial charge in [-0.3, -0.25) is 24.0 Å². The first kappa shape index (κ1) is 46.9. The zero-order valence-electron chi connectivity index (χ0n) is 30.2. The maximum Gasteiger partial charge on any atom is 0.710 e. The predicted octanol–water partition coefficient (Wildman–Crippen LogP) is 7.07. The molecule has 1 aromatic carbocycles. The minimum absolute atomic E-state index is 0. The van der Waals surface area contributed by atoms with E-state index in [1.807, 2.05) is 0 Å². The van der Waals surface area contributed by atoms with Gasteiger partial charge in [-0.15, -0.1) is 0 Å². The van der Waals surface area contributed by atoms with Gasteiger partial charge in [0.25, 0.3) is 5.56 Å². The van der Waals surface area contributed by atoms with E-state index in [2.05, 4.69) is 30.5 Å². The normalized spacial score (nSPS) is 17.6. The Kier molecular flexibility index (Phi) is 20.0. The molecule has 23 heteroatoms. The maximum absolute atomic E-state index is 12.5. The number of nitrogen functional groups attached to an aromatic ring is 1. The summed E-state index contributed by atoms with van der Waals surface area (Å²) in [6.07, 6.45) is 16.0. The molecule has 0 saturated heterocycles.